The summed E-state index contributed by atoms with van der Waals surface area (Å²) in [6, 6.07) is 10.5. The molecule has 0 spiro atoms. The molecule has 2 aromatic carbocycles. The third-order valence-electron chi connectivity index (χ3n) is 3.76. The molecule has 0 fully saturated rings. The molecule has 1 amide bonds. The number of anilines is 1. The van der Waals surface area contributed by atoms with E-state index in [4.69, 9.17) is 27.6 Å². The van der Waals surface area contributed by atoms with Crippen LogP contribution >= 0.6 is 23.2 Å². The second kappa shape index (κ2) is 6.34. The average Bonchev–Trinajstić information content (AvgIpc) is 2.84. The smallest absolute Gasteiger partial charge is 0.258 e. The molecule has 5 heteroatoms. The lowest BCUT2D eigenvalue weighted by molar-refractivity contribution is 0.102. The standard InChI is InChI=1S/C19H15Cl2NO2/c1-10(2)16-11(3)24-18-12(16)6-4-9-15(18)22-19(23)17-13(20)7-5-8-14(17)21/h4-9H,1H2,2-3H3,(H,22,23). The van der Waals surface area contributed by atoms with Gasteiger partial charge in [-0.05, 0) is 37.6 Å². The molecule has 1 heterocycles. The second-order valence-electron chi connectivity index (χ2n) is 5.55. The molecule has 0 saturated carbocycles. The molecule has 0 aliphatic heterocycles. The number of halogens is 2. The third-order valence-corrected chi connectivity index (χ3v) is 4.39. The van der Waals surface area contributed by atoms with E-state index < -0.39 is 0 Å². The quantitative estimate of drug-likeness (QED) is 0.593. The fourth-order valence-corrected chi connectivity index (χ4v) is 3.34. The molecule has 24 heavy (non-hydrogen) atoms. The molecule has 3 nitrogen and oxygen atoms in total. The van der Waals surface area contributed by atoms with Crippen LogP contribution in [0.15, 0.2) is 47.4 Å². The van der Waals surface area contributed by atoms with Gasteiger partial charge in [-0.1, -0.05) is 48.0 Å². The number of amides is 1. The maximum atomic E-state index is 12.6. The van der Waals surface area contributed by atoms with Gasteiger partial charge in [0.2, 0.25) is 0 Å². The van der Waals surface area contributed by atoms with Crippen LogP contribution in [0.1, 0.15) is 28.6 Å². The Kier molecular flexibility index (Phi) is 4.39. The Bertz CT molecular complexity index is 953. The summed E-state index contributed by atoms with van der Waals surface area (Å²) in [7, 11) is 0. The van der Waals surface area contributed by atoms with E-state index in [-0.39, 0.29) is 11.5 Å². The molecule has 1 aromatic heterocycles. The zero-order valence-corrected chi connectivity index (χ0v) is 14.8. The van der Waals surface area contributed by atoms with E-state index in [1.54, 1.807) is 24.3 Å². The van der Waals surface area contributed by atoms with Crippen molar-refractivity contribution >= 4 is 51.3 Å². The Balaban J connectivity index is 2.07. The number of fused-ring (bicyclic) bond motifs is 1. The maximum absolute atomic E-state index is 12.6. The fraction of sp³-hybridized carbons (Fsp3) is 0.105. The zero-order chi connectivity index (χ0) is 17.4. The van der Waals surface area contributed by atoms with Crippen LogP contribution in [0, 0.1) is 6.92 Å². The molecule has 0 saturated heterocycles. The number of rotatable bonds is 3. The van der Waals surface area contributed by atoms with Crippen LogP contribution < -0.4 is 5.32 Å². The number of hydrogen-bond donors (Lipinski definition) is 1. The van der Waals surface area contributed by atoms with Crippen LogP contribution in [0.3, 0.4) is 0 Å². The number of allylic oxidation sites excluding steroid dienone is 1. The lowest BCUT2D eigenvalue weighted by atomic mass is 10.0. The number of carbonyl (C=O) groups excluding carboxylic acids is 1. The molecular formula is C19H15Cl2NO2. The van der Waals surface area contributed by atoms with Crippen molar-refractivity contribution in [2.75, 3.05) is 5.32 Å². The van der Waals surface area contributed by atoms with Gasteiger partial charge in [-0.2, -0.15) is 0 Å². The summed E-state index contributed by atoms with van der Waals surface area (Å²) in [4.78, 5) is 12.6. The predicted molar refractivity (Wildman–Crippen MR) is 100 cm³/mol. The minimum Gasteiger partial charge on any atom is -0.459 e. The van der Waals surface area contributed by atoms with Crippen molar-refractivity contribution < 1.29 is 9.21 Å². The molecule has 0 unspecified atom stereocenters. The number of furan rings is 1. The van der Waals surface area contributed by atoms with Crippen molar-refractivity contribution in [3.63, 3.8) is 0 Å². The number of aryl methyl sites for hydroxylation is 1. The van der Waals surface area contributed by atoms with E-state index in [1.165, 1.54) is 0 Å². The van der Waals surface area contributed by atoms with Crippen molar-refractivity contribution in [3.8, 4) is 0 Å². The largest absolute Gasteiger partial charge is 0.459 e. The highest BCUT2D eigenvalue weighted by atomic mass is 35.5. The summed E-state index contributed by atoms with van der Waals surface area (Å²) >= 11 is 12.2. The predicted octanol–water partition coefficient (Wildman–Crippen LogP) is 6.33. The molecular weight excluding hydrogens is 345 g/mol. The van der Waals surface area contributed by atoms with E-state index in [9.17, 15) is 4.79 Å². The van der Waals surface area contributed by atoms with Gasteiger partial charge in [-0.25, -0.2) is 0 Å². The first-order valence-corrected chi connectivity index (χ1v) is 8.09. The first-order valence-electron chi connectivity index (χ1n) is 7.33. The summed E-state index contributed by atoms with van der Waals surface area (Å²) in [6.07, 6.45) is 0. The van der Waals surface area contributed by atoms with Crippen molar-refractivity contribution in [3.05, 3.63) is 69.9 Å². The second-order valence-corrected chi connectivity index (χ2v) is 6.36. The van der Waals surface area contributed by atoms with Gasteiger partial charge < -0.3 is 9.73 Å². The first kappa shape index (κ1) is 16.6. The fourth-order valence-electron chi connectivity index (χ4n) is 2.77. The molecule has 3 rings (SSSR count). The number of nitrogens with one attached hydrogen (secondary N) is 1. The van der Waals surface area contributed by atoms with Gasteiger partial charge in [0.05, 0.1) is 21.3 Å². The maximum Gasteiger partial charge on any atom is 0.258 e. The Morgan fingerprint density at radius 1 is 1.08 bits per heavy atom. The van der Waals surface area contributed by atoms with E-state index in [1.807, 2.05) is 26.0 Å². The topological polar surface area (TPSA) is 42.2 Å². The van der Waals surface area contributed by atoms with E-state index in [0.717, 1.165) is 22.3 Å². The van der Waals surface area contributed by atoms with Crippen LogP contribution in [0.2, 0.25) is 10.0 Å². The summed E-state index contributed by atoms with van der Waals surface area (Å²) in [6.45, 7) is 7.79. The highest BCUT2D eigenvalue weighted by Crippen LogP contribution is 2.35. The average molecular weight is 360 g/mol. The number of para-hydroxylation sites is 1. The number of carbonyl (C=O) groups is 1. The Labute approximate surface area is 149 Å². The lowest BCUT2D eigenvalue weighted by Crippen LogP contribution is -2.13. The van der Waals surface area contributed by atoms with Gasteiger partial charge in [0.15, 0.2) is 5.58 Å². The van der Waals surface area contributed by atoms with E-state index in [0.29, 0.717) is 21.3 Å². The Morgan fingerprint density at radius 3 is 2.33 bits per heavy atom. The zero-order valence-electron chi connectivity index (χ0n) is 13.2. The van der Waals surface area contributed by atoms with E-state index in [2.05, 4.69) is 11.9 Å². The molecule has 122 valence electrons. The summed E-state index contributed by atoms with van der Waals surface area (Å²) in [5.74, 6) is 0.374. The summed E-state index contributed by atoms with van der Waals surface area (Å²) in [5, 5.41) is 4.33. The van der Waals surface area contributed by atoms with Gasteiger partial charge in [0.25, 0.3) is 5.91 Å². The SMILES string of the molecule is C=C(C)c1c(C)oc2c(NC(=O)c3c(Cl)cccc3Cl)cccc12. The molecule has 0 bridgehead atoms. The van der Waals surface area contributed by atoms with Crippen molar-refractivity contribution in [1.29, 1.82) is 0 Å². The Hall–Kier alpha value is -2.23. The summed E-state index contributed by atoms with van der Waals surface area (Å²) in [5.41, 5.74) is 3.26. The van der Waals surface area contributed by atoms with Gasteiger partial charge in [-0.3, -0.25) is 4.79 Å². The Morgan fingerprint density at radius 2 is 1.71 bits per heavy atom. The molecule has 3 aromatic rings. The van der Waals surface area contributed by atoms with Gasteiger partial charge in [0.1, 0.15) is 5.76 Å². The highest BCUT2D eigenvalue weighted by Gasteiger charge is 2.18. The van der Waals surface area contributed by atoms with E-state index >= 15 is 0 Å². The monoisotopic (exact) mass is 359 g/mol. The lowest BCUT2D eigenvalue weighted by Gasteiger charge is -2.09. The van der Waals surface area contributed by atoms with Crippen molar-refractivity contribution in [1.82, 2.24) is 0 Å². The molecule has 0 radical (unpaired) electrons. The first-order chi connectivity index (χ1) is 11.4. The van der Waals surface area contributed by atoms with Gasteiger partial charge in [-0.15, -0.1) is 0 Å². The summed E-state index contributed by atoms with van der Waals surface area (Å²) < 4.78 is 5.85. The minimum absolute atomic E-state index is 0.237. The van der Waals surface area contributed by atoms with Crippen molar-refractivity contribution in [2.24, 2.45) is 0 Å². The van der Waals surface area contributed by atoms with Crippen LogP contribution in [0.4, 0.5) is 5.69 Å². The van der Waals surface area contributed by atoms with Crippen molar-refractivity contribution in [2.45, 2.75) is 13.8 Å². The molecule has 1 N–H and O–H groups in total. The molecule has 0 aliphatic rings. The third kappa shape index (κ3) is 2.81. The minimum atomic E-state index is -0.385. The molecule has 0 atom stereocenters. The van der Waals surface area contributed by atoms with Crippen LogP contribution in [0.25, 0.3) is 16.5 Å². The van der Waals surface area contributed by atoms with Crippen LogP contribution in [0.5, 0.6) is 0 Å². The number of hydrogen-bond acceptors (Lipinski definition) is 2. The normalized spacial score (nSPS) is 10.8. The molecule has 0 aliphatic carbocycles. The van der Waals surface area contributed by atoms with Gasteiger partial charge in [0, 0.05) is 10.9 Å². The van der Waals surface area contributed by atoms with Crippen LogP contribution in [-0.2, 0) is 0 Å². The number of benzene rings is 2. The van der Waals surface area contributed by atoms with Gasteiger partial charge >= 0.3 is 0 Å². The highest BCUT2D eigenvalue weighted by molar-refractivity contribution is 6.40. The van der Waals surface area contributed by atoms with Crippen LogP contribution in [-0.4, -0.2) is 5.91 Å².